The average molecular weight is 248 g/mol. The first-order valence-electron chi connectivity index (χ1n) is 6.50. The summed E-state index contributed by atoms with van der Waals surface area (Å²) in [4.78, 5) is 14.2. The zero-order valence-electron chi connectivity index (χ0n) is 10.2. The van der Waals surface area contributed by atoms with Crippen LogP contribution in [0.15, 0.2) is 24.3 Å². The Morgan fingerprint density at radius 2 is 2.11 bits per heavy atom. The number of nitrogens with zero attached hydrogens (tertiary/aromatic N) is 1. The van der Waals surface area contributed by atoms with Gasteiger partial charge in [-0.2, -0.15) is 0 Å². The smallest absolute Gasteiger partial charge is 0.226 e. The lowest BCUT2D eigenvalue weighted by molar-refractivity contribution is -0.133. The number of amides is 1. The zero-order chi connectivity index (χ0) is 12.5. The molecule has 4 heteroatoms. The van der Waals surface area contributed by atoms with Crippen LogP contribution in [0, 0.1) is 11.7 Å². The van der Waals surface area contributed by atoms with Gasteiger partial charge in [0.1, 0.15) is 5.82 Å². The zero-order valence-corrected chi connectivity index (χ0v) is 10.2. The van der Waals surface area contributed by atoms with Crippen molar-refractivity contribution in [3.8, 4) is 0 Å². The summed E-state index contributed by atoms with van der Waals surface area (Å²) in [6.45, 7) is 3.35. The number of hydrogen-bond acceptors (Lipinski definition) is 2. The van der Waals surface area contributed by atoms with Crippen molar-refractivity contribution in [3.63, 3.8) is 0 Å². The first-order valence-corrected chi connectivity index (χ1v) is 6.50. The van der Waals surface area contributed by atoms with Crippen LogP contribution in [0.5, 0.6) is 0 Å². The molecule has 2 fully saturated rings. The van der Waals surface area contributed by atoms with Crippen molar-refractivity contribution >= 4 is 5.91 Å². The molecule has 18 heavy (non-hydrogen) atoms. The van der Waals surface area contributed by atoms with Gasteiger partial charge in [0.2, 0.25) is 5.91 Å². The molecule has 1 aromatic carbocycles. The van der Waals surface area contributed by atoms with Crippen molar-refractivity contribution < 1.29 is 9.18 Å². The summed E-state index contributed by atoms with van der Waals surface area (Å²) < 4.78 is 13.1. The summed E-state index contributed by atoms with van der Waals surface area (Å²) in [7, 11) is 0. The second-order valence-electron chi connectivity index (χ2n) is 5.08. The lowest BCUT2D eigenvalue weighted by Crippen LogP contribution is -2.47. The van der Waals surface area contributed by atoms with E-state index in [0.717, 1.165) is 38.2 Å². The average Bonchev–Trinajstić information content (AvgIpc) is 3.19. The van der Waals surface area contributed by atoms with Gasteiger partial charge in [-0.25, -0.2) is 4.39 Å². The molecule has 2 unspecified atom stereocenters. The minimum absolute atomic E-state index is 0.0740. The molecule has 1 N–H and O–H groups in total. The fourth-order valence-electron chi connectivity index (χ4n) is 2.69. The topological polar surface area (TPSA) is 32.3 Å². The maximum Gasteiger partial charge on any atom is 0.226 e. The molecule has 1 heterocycles. The molecule has 2 atom stereocenters. The number of halogens is 1. The van der Waals surface area contributed by atoms with Crippen LogP contribution >= 0.6 is 0 Å². The van der Waals surface area contributed by atoms with E-state index in [1.165, 1.54) is 6.07 Å². The highest BCUT2D eigenvalue weighted by Crippen LogP contribution is 2.48. The highest BCUT2D eigenvalue weighted by Gasteiger charge is 2.45. The van der Waals surface area contributed by atoms with Crippen molar-refractivity contribution in [1.82, 2.24) is 10.2 Å². The fourth-order valence-corrected chi connectivity index (χ4v) is 2.69. The van der Waals surface area contributed by atoms with Crippen molar-refractivity contribution in [2.75, 3.05) is 26.2 Å². The number of hydrogen-bond donors (Lipinski definition) is 1. The highest BCUT2D eigenvalue weighted by atomic mass is 19.1. The molecule has 0 aromatic heterocycles. The molecule has 1 aliphatic carbocycles. The normalized spacial score (nSPS) is 27.1. The molecule has 1 saturated carbocycles. The van der Waals surface area contributed by atoms with Crippen LogP contribution in [0.3, 0.4) is 0 Å². The van der Waals surface area contributed by atoms with Crippen molar-refractivity contribution in [2.24, 2.45) is 5.92 Å². The second-order valence-corrected chi connectivity index (χ2v) is 5.08. The molecular weight excluding hydrogens is 231 g/mol. The predicted molar refractivity (Wildman–Crippen MR) is 66.7 cm³/mol. The van der Waals surface area contributed by atoms with Gasteiger partial charge >= 0.3 is 0 Å². The van der Waals surface area contributed by atoms with Crippen molar-refractivity contribution in [1.29, 1.82) is 0 Å². The summed E-state index contributed by atoms with van der Waals surface area (Å²) in [5.41, 5.74) is 0.962. The van der Waals surface area contributed by atoms with E-state index < -0.39 is 0 Å². The summed E-state index contributed by atoms with van der Waals surface area (Å²) in [6.07, 6.45) is 0.867. The van der Waals surface area contributed by atoms with Gasteiger partial charge in [-0.05, 0) is 30.0 Å². The number of carbonyl (C=O) groups excluding carboxylic acids is 1. The van der Waals surface area contributed by atoms with E-state index in [4.69, 9.17) is 0 Å². The lowest BCUT2D eigenvalue weighted by atomic mass is 10.1. The van der Waals surface area contributed by atoms with Crippen LogP contribution in [0.25, 0.3) is 0 Å². The van der Waals surface area contributed by atoms with Gasteiger partial charge in [-0.3, -0.25) is 4.79 Å². The standard InChI is InChI=1S/C14H17FN2O/c15-11-3-1-2-10(8-11)12-9-13(12)14(18)17-6-4-16-5-7-17/h1-3,8,12-13,16H,4-7,9H2. The number of benzene rings is 1. The van der Waals surface area contributed by atoms with Gasteiger partial charge in [0.15, 0.2) is 0 Å². The summed E-state index contributed by atoms with van der Waals surface area (Å²) >= 11 is 0. The summed E-state index contributed by atoms with van der Waals surface area (Å²) in [6, 6.07) is 6.63. The SMILES string of the molecule is O=C(C1CC1c1cccc(F)c1)N1CCNCC1. The van der Waals surface area contributed by atoms with Gasteiger partial charge in [0, 0.05) is 32.1 Å². The fraction of sp³-hybridized carbons (Fsp3) is 0.500. The number of carbonyl (C=O) groups is 1. The summed E-state index contributed by atoms with van der Waals surface area (Å²) in [5.74, 6) is 0.325. The van der Waals surface area contributed by atoms with Crippen LogP contribution in [-0.2, 0) is 4.79 Å². The maximum atomic E-state index is 13.1. The van der Waals surface area contributed by atoms with Gasteiger partial charge in [-0.15, -0.1) is 0 Å². The third kappa shape index (κ3) is 2.25. The molecule has 96 valence electrons. The van der Waals surface area contributed by atoms with Crippen LogP contribution in [0.2, 0.25) is 0 Å². The Balaban J connectivity index is 1.64. The quantitative estimate of drug-likeness (QED) is 0.857. The monoisotopic (exact) mass is 248 g/mol. The van der Waals surface area contributed by atoms with E-state index >= 15 is 0 Å². The van der Waals surface area contributed by atoms with Crippen LogP contribution in [0.4, 0.5) is 4.39 Å². The molecule has 1 saturated heterocycles. The Bertz CT molecular complexity index is 457. The minimum Gasteiger partial charge on any atom is -0.340 e. The number of rotatable bonds is 2. The van der Waals surface area contributed by atoms with E-state index in [-0.39, 0.29) is 23.6 Å². The van der Waals surface area contributed by atoms with E-state index in [9.17, 15) is 9.18 Å². The molecule has 2 aliphatic rings. The van der Waals surface area contributed by atoms with Gasteiger partial charge in [0.05, 0.1) is 0 Å². The summed E-state index contributed by atoms with van der Waals surface area (Å²) in [5, 5.41) is 3.24. The molecule has 3 nitrogen and oxygen atoms in total. The van der Waals surface area contributed by atoms with E-state index in [1.54, 1.807) is 12.1 Å². The Hall–Kier alpha value is -1.42. The van der Waals surface area contributed by atoms with E-state index in [1.807, 2.05) is 11.0 Å². The van der Waals surface area contributed by atoms with Crippen molar-refractivity contribution in [3.05, 3.63) is 35.6 Å². The number of nitrogens with one attached hydrogen (secondary N) is 1. The minimum atomic E-state index is -0.215. The van der Waals surface area contributed by atoms with Crippen LogP contribution in [-0.4, -0.2) is 37.0 Å². The Morgan fingerprint density at radius 1 is 1.33 bits per heavy atom. The Kier molecular flexibility index (Phi) is 3.04. The second kappa shape index (κ2) is 4.69. The van der Waals surface area contributed by atoms with E-state index in [2.05, 4.69) is 5.32 Å². The Labute approximate surface area is 106 Å². The highest BCUT2D eigenvalue weighted by molar-refractivity contribution is 5.83. The molecule has 1 aliphatic heterocycles. The molecule has 1 aromatic rings. The molecule has 0 spiro atoms. The largest absolute Gasteiger partial charge is 0.340 e. The van der Waals surface area contributed by atoms with Crippen molar-refractivity contribution in [2.45, 2.75) is 12.3 Å². The van der Waals surface area contributed by atoms with Gasteiger partial charge < -0.3 is 10.2 Å². The maximum absolute atomic E-state index is 13.1. The molecule has 1 amide bonds. The molecule has 3 rings (SSSR count). The van der Waals surface area contributed by atoms with Gasteiger partial charge in [-0.1, -0.05) is 12.1 Å². The van der Waals surface area contributed by atoms with E-state index in [0.29, 0.717) is 0 Å². The lowest BCUT2D eigenvalue weighted by Gasteiger charge is -2.27. The third-order valence-electron chi connectivity index (χ3n) is 3.81. The first kappa shape index (κ1) is 11.7. The predicted octanol–water partition coefficient (Wildman–Crippen LogP) is 1.36. The van der Waals surface area contributed by atoms with Gasteiger partial charge in [0.25, 0.3) is 0 Å². The number of piperazine rings is 1. The first-order chi connectivity index (χ1) is 8.75. The molecular formula is C14H17FN2O. The molecule has 0 bridgehead atoms. The van der Waals surface area contributed by atoms with Crippen LogP contribution in [0.1, 0.15) is 17.9 Å². The molecule has 0 radical (unpaired) electrons. The third-order valence-corrected chi connectivity index (χ3v) is 3.81. The Morgan fingerprint density at radius 3 is 2.83 bits per heavy atom. The van der Waals surface area contributed by atoms with Crippen LogP contribution < -0.4 is 5.32 Å².